The van der Waals surface area contributed by atoms with Crippen LogP contribution in [0.5, 0.6) is 0 Å². The number of carbonyl (C=O) groups is 1. The van der Waals surface area contributed by atoms with Gasteiger partial charge in [0.2, 0.25) is 0 Å². The minimum atomic E-state index is -1.91. The quantitative estimate of drug-likeness (QED) is 0.0719. The second-order valence-corrected chi connectivity index (χ2v) is 20.8. The summed E-state index contributed by atoms with van der Waals surface area (Å²) in [5.74, 6) is 1.06. The van der Waals surface area contributed by atoms with E-state index in [-0.39, 0.29) is 36.4 Å². The van der Waals surface area contributed by atoms with Crippen molar-refractivity contribution in [3.8, 4) is 0 Å². The van der Waals surface area contributed by atoms with Crippen LogP contribution >= 0.6 is 0 Å². The fourth-order valence-corrected chi connectivity index (χ4v) is 13.5. The van der Waals surface area contributed by atoms with Crippen molar-refractivity contribution in [1.82, 2.24) is 0 Å². The number of cyclic esters (lactones) is 1. The van der Waals surface area contributed by atoms with Gasteiger partial charge in [-0.15, -0.1) is 0 Å². The smallest absolute Gasteiger partial charge is 0.336 e. The summed E-state index contributed by atoms with van der Waals surface area (Å²) >= 11 is 0. The molecule has 0 amide bonds. The lowest BCUT2D eigenvalue weighted by Crippen LogP contribution is -2.65. The van der Waals surface area contributed by atoms with Crippen molar-refractivity contribution in [3.63, 3.8) is 0 Å². The molecule has 4 aliphatic heterocycles. The van der Waals surface area contributed by atoms with Crippen LogP contribution < -0.4 is 0 Å². The predicted molar refractivity (Wildman–Crippen MR) is 224 cm³/mol. The van der Waals surface area contributed by atoms with Gasteiger partial charge in [-0.1, -0.05) is 38.0 Å². The predicted octanol–water partition coefficient (Wildman–Crippen LogP) is -2.37. The number of hydrogen-bond donors (Lipinski definition) is 12. The second kappa shape index (κ2) is 19.8. The monoisotopic (exact) mass is 944 g/mol. The number of aliphatic hydroxyl groups excluding tert-OH is 12. The average molecular weight is 945 g/mol. The Hall–Kier alpha value is -1.77. The van der Waals surface area contributed by atoms with Crippen molar-refractivity contribution >= 4 is 5.97 Å². The maximum atomic E-state index is 12.7. The summed E-state index contributed by atoms with van der Waals surface area (Å²) in [5.41, 5.74) is 1.82. The van der Waals surface area contributed by atoms with Crippen LogP contribution in [-0.4, -0.2) is 204 Å². The summed E-state index contributed by atoms with van der Waals surface area (Å²) in [6.45, 7) is 6.22. The van der Waals surface area contributed by atoms with E-state index in [1.54, 1.807) is 0 Å². The van der Waals surface area contributed by atoms with Crippen LogP contribution in [0.15, 0.2) is 22.8 Å². The summed E-state index contributed by atoms with van der Waals surface area (Å²) in [4.78, 5) is 12.7. The standard InChI is InChI=1S/C46H72O20/c1-18-11-27(62-41(59)23(18)14-47)19(2)24-7-8-25-22-6-5-20-12-21(13-31(50)46(20,4)26(22)9-10-45(24,25)3)61-43-39(58)36(55)40(29(16-49)64-43)66-44-38(57)35(54)33(52)30(65-44)17-60-42-37(56)34(53)32(51)28(15-48)63-42/h5,19,21-22,24-40,42-44,47-58H,6-17H2,1-4H3/t19-,21+,22-,24?,25-,26-,27?,28+,29+,30+,31-,32+,33+,34-,35-,36+,37+,38+,39+,40+,42+,43+,44-,45+,46-/m0/s1. The molecule has 12 N–H and O–H groups in total. The Morgan fingerprint density at radius 3 is 2.02 bits per heavy atom. The van der Waals surface area contributed by atoms with Gasteiger partial charge in [0.1, 0.15) is 79.4 Å². The molecule has 20 heteroatoms. The first kappa shape index (κ1) is 50.6. The Labute approximate surface area is 383 Å². The number of rotatable bonds is 12. The molecule has 25 atom stereocenters. The highest BCUT2D eigenvalue weighted by molar-refractivity contribution is 5.90. The van der Waals surface area contributed by atoms with Gasteiger partial charge in [-0.3, -0.25) is 0 Å². The van der Waals surface area contributed by atoms with Gasteiger partial charge in [-0.05, 0) is 80.5 Å². The van der Waals surface area contributed by atoms with Crippen LogP contribution in [-0.2, 0) is 38.0 Å². The molecule has 8 aliphatic rings. The highest BCUT2D eigenvalue weighted by atomic mass is 16.8. The minimum absolute atomic E-state index is 0.0324. The van der Waals surface area contributed by atoms with Crippen molar-refractivity contribution in [2.45, 2.75) is 189 Å². The summed E-state index contributed by atoms with van der Waals surface area (Å²) in [6, 6.07) is 0. The highest BCUT2D eigenvalue weighted by Gasteiger charge is 2.62. The summed E-state index contributed by atoms with van der Waals surface area (Å²) in [6.07, 6.45) is -18.2. The lowest BCUT2D eigenvalue weighted by molar-refractivity contribution is -0.368. The Bertz CT molecular complexity index is 1780. The second-order valence-electron chi connectivity index (χ2n) is 20.8. The molecule has 4 heterocycles. The third-order valence-electron chi connectivity index (χ3n) is 17.5. The van der Waals surface area contributed by atoms with E-state index in [1.807, 2.05) is 6.92 Å². The average Bonchev–Trinajstić information content (AvgIpc) is 3.65. The molecular weight excluding hydrogens is 872 g/mol. The van der Waals surface area contributed by atoms with Gasteiger partial charge < -0.3 is 94.4 Å². The Morgan fingerprint density at radius 2 is 1.35 bits per heavy atom. The molecule has 2 unspecified atom stereocenters. The minimum Gasteiger partial charge on any atom is -0.458 e. The molecule has 0 aromatic heterocycles. The maximum Gasteiger partial charge on any atom is 0.336 e. The third kappa shape index (κ3) is 8.76. The first-order valence-electron chi connectivity index (χ1n) is 23.7. The number of hydrogen-bond acceptors (Lipinski definition) is 20. The van der Waals surface area contributed by atoms with Crippen LogP contribution in [0.2, 0.25) is 0 Å². The summed E-state index contributed by atoms with van der Waals surface area (Å²) in [5, 5.41) is 127. The number of esters is 1. The van der Waals surface area contributed by atoms with Gasteiger partial charge >= 0.3 is 5.97 Å². The van der Waals surface area contributed by atoms with Gasteiger partial charge in [0.05, 0.1) is 44.2 Å². The molecule has 0 radical (unpaired) electrons. The van der Waals surface area contributed by atoms with E-state index in [2.05, 4.69) is 26.8 Å². The van der Waals surface area contributed by atoms with Crippen LogP contribution in [0.4, 0.5) is 0 Å². The Balaban J connectivity index is 0.888. The molecule has 8 rings (SSSR count). The number of allylic oxidation sites excluding steroid dienone is 1. The van der Waals surface area contributed by atoms with E-state index in [9.17, 15) is 66.1 Å². The van der Waals surface area contributed by atoms with Gasteiger partial charge in [-0.2, -0.15) is 0 Å². The molecule has 4 aliphatic carbocycles. The van der Waals surface area contributed by atoms with Crippen LogP contribution in [0.3, 0.4) is 0 Å². The third-order valence-corrected chi connectivity index (χ3v) is 17.5. The van der Waals surface area contributed by atoms with Crippen LogP contribution in [0.1, 0.15) is 79.1 Å². The number of aliphatic hydroxyl groups is 12. The molecule has 6 fully saturated rings. The van der Waals surface area contributed by atoms with E-state index in [4.69, 9.17) is 33.2 Å². The fourth-order valence-electron chi connectivity index (χ4n) is 13.5. The Kier molecular flexibility index (Phi) is 15.2. The van der Waals surface area contributed by atoms with E-state index in [0.717, 1.165) is 43.3 Å². The van der Waals surface area contributed by atoms with Crippen LogP contribution in [0, 0.1) is 40.4 Å². The summed E-state index contributed by atoms with van der Waals surface area (Å²) in [7, 11) is 0. The molecular formula is C46H72O20. The normalized spacial score (nSPS) is 51.3. The maximum absolute atomic E-state index is 12.7. The molecule has 3 saturated carbocycles. The van der Waals surface area contributed by atoms with E-state index >= 15 is 0 Å². The zero-order valence-electron chi connectivity index (χ0n) is 38.0. The number of ether oxygens (including phenoxy) is 7. The van der Waals surface area contributed by atoms with Crippen molar-refractivity contribution in [1.29, 1.82) is 0 Å². The Morgan fingerprint density at radius 1 is 0.727 bits per heavy atom. The van der Waals surface area contributed by atoms with Gasteiger partial charge in [0, 0.05) is 18.3 Å². The highest BCUT2D eigenvalue weighted by Crippen LogP contribution is 2.67. The first-order chi connectivity index (χ1) is 31.3. The van der Waals surface area contributed by atoms with E-state index in [1.165, 1.54) is 0 Å². The number of carbonyl (C=O) groups excluding carboxylic acids is 1. The van der Waals surface area contributed by atoms with E-state index < -0.39 is 136 Å². The van der Waals surface area contributed by atoms with Gasteiger partial charge in [0.15, 0.2) is 18.9 Å². The fraction of sp³-hybridized carbons (Fsp3) is 0.891. The molecule has 0 aromatic carbocycles. The van der Waals surface area contributed by atoms with Gasteiger partial charge in [0.25, 0.3) is 0 Å². The summed E-state index contributed by atoms with van der Waals surface area (Å²) < 4.78 is 40.5. The molecule has 0 spiro atoms. The molecule has 376 valence electrons. The van der Waals surface area contributed by atoms with Crippen LogP contribution in [0.25, 0.3) is 0 Å². The van der Waals surface area contributed by atoms with Crippen molar-refractivity contribution in [3.05, 3.63) is 22.8 Å². The first-order valence-corrected chi connectivity index (χ1v) is 23.7. The largest absolute Gasteiger partial charge is 0.458 e. The van der Waals surface area contributed by atoms with Gasteiger partial charge in [-0.25, -0.2) is 4.79 Å². The molecule has 0 aromatic rings. The SMILES string of the molecule is CC1=C(CO)C(=O)OC([C@@H](C)C2CC[C@H]3[C@@H]4CC=C5C[C@@H](O[C@@H]6O[C@H](CO)[C@@H](O[C@@H]7O[C@H](CO[C@@H]8O[C@H](CO)[C@@H](O)[C@H](O)[C@H]8O)[C@@H](O)[C@H](O)[C@H]7O)[C@H](O)[C@H]6O)C[C@H](O)[C@]5(C)[C@H]4CC[C@]23C)C1. The molecule has 0 bridgehead atoms. The number of fused-ring (bicyclic) bond motifs is 5. The zero-order valence-corrected chi connectivity index (χ0v) is 38.0. The van der Waals surface area contributed by atoms with Crippen molar-refractivity contribution < 1.29 is 99.2 Å². The van der Waals surface area contributed by atoms with Crippen molar-refractivity contribution in [2.75, 3.05) is 26.4 Å². The topological polar surface area (TPSA) is 324 Å². The molecule has 20 nitrogen and oxygen atoms in total. The zero-order chi connectivity index (χ0) is 47.7. The lowest BCUT2D eigenvalue weighted by atomic mass is 9.46. The van der Waals surface area contributed by atoms with E-state index in [0.29, 0.717) is 36.2 Å². The molecule has 3 saturated heterocycles. The molecule has 66 heavy (non-hydrogen) atoms. The lowest BCUT2D eigenvalue weighted by Gasteiger charge is -2.60. The van der Waals surface area contributed by atoms with Crippen molar-refractivity contribution in [2.24, 2.45) is 40.4 Å².